The topological polar surface area (TPSA) is 340 Å². The summed E-state index contributed by atoms with van der Waals surface area (Å²) in [5, 5.41) is 89.6. The number of phenolic OH excluding ortho intramolecular Hbond substituents is 4. The fourth-order valence-corrected chi connectivity index (χ4v) is 10.4. The molecule has 0 saturated heterocycles. The monoisotopic (exact) mass is 1090 g/mol. The van der Waals surface area contributed by atoms with Crippen LogP contribution >= 0.6 is 23.2 Å². The lowest BCUT2D eigenvalue weighted by Gasteiger charge is -2.30. The number of aliphatic hydroxyl groups excluding tert-OH is 2. The zero-order valence-corrected chi connectivity index (χ0v) is 43.2. The molecule has 13 N–H and O–H groups in total. The standard InChI is InChI=1S/C55H56Cl2N6O14/c1-23(2)10-37(60-3)55(75)63-49-41(68)15-28(18-46(59)69)53(73)62-48-27-16-44(52(72)45(17-27)77-43-9-6-26(51(49)71)14-35(43)57)76-42-8-5-25(13-34(42)56)50(70)33-21-39(66)31(20-36(48)58)24-4-7-38(65)32(12-24)47-29(22-61-54(33)74)11-30(64)19-40(47)67/h4-9,11-14,16-17,19,23,28,31,33,37,48-51,58,60,64-65,67,70-72H,10,15,18,20-22H2,1-3H3,(H2,59,69)(H,61,74)(H,62,73)(H,63,75)/t28-,31-,33-,37+,48+,49-,50+,51+/m0/s1. The van der Waals surface area contributed by atoms with Crippen molar-refractivity contribution >= 4 is 64.1 Å². The largest absolute Gasteiger partial charge is 0.508 e. The second-order valence-corrected chi connectivity index (χ2v) is 20.6. The number of benzene rings is 5. The molecule has 5 aliphatic heterocycles. The van der Waals surface area contributed by atoms with Crippen LogP contribution in [0, 0.1) is 23.2 Å². The number of rotatable bonds is 7. The van der Waals surface area contributed by atoms with Crippen molar-refractivity contribution in [1.29, 1.82) is 5.41 Å². The van der Waals surface area contributed by atoms with Gasteiger partial charge in [0.05, 0.1) is 40.1 Å². The van der Waals surface area contributed by atoms with E-state index in [9.17, 15) is 60.0 Å². The van der Waals surface area contributed by atoms with Gasteiger partial charge in [-0.05, 0) is 102 Å². The minimum absolute atomic E-state index is 0.0192. The van der Waals surface area contributed by atoms with Crippen LogP contribution in [0.2, 0.25) is 10.0 Å². The minimum atomic E-state index is -1.80. The molecule has 5 aromatic carbocycles. The molecule has 0 fully saturated rings. The van der Waals surface area contributed by atoms with Crippen LogP contribution in [0.15, 0.2) is 78.9 Å². The molecule has 11 bridgehead atoms. The van der Waals surface area contributed by atoms with Crippen molar-refractivity contribution in [2.24, 2.45) is 23.5 Å². The number of hydrogen-bond donors (Lipinski definition) is 12. The smallest absolute Gasteiger partial charge is 0.237 e. The van der Waals surface area contributed by atoms with E-state index < -0.39 is 126 Å². The molecule has 5 aliphatic rings. The van der Waals surface area contributed by atoms with E-state index in [0.29, 0.717) is 6.42 Å². The molecule has 0 aromatic heterocycles. The van der Waals surface area contributed by atoms with Crippen LogP contribution in [0.4, 0.5) is 0 Å². The summed E-state index contributed by atoms with van der Waals surface area (Å²) in [6.45, 7) is 3.40. The minimum Gasteiger partial charge on any atom is -0.508 e. The quantitative estimate of drug-likeness (QED) is 0.0852. The highest BCUT2D eigenvalue weighted by atomic mass is 35.5. The van der Waals surface area contributed by atoms with Gasteiger partial charge in [-0.2, -0.15) is 0 Å². The third-order valence-electron chi connectivity index (χ3n) is 13.9. The number of nitrogens with two attached hydrogens (primary N) is 1. The number of carbonyl (C=O) groups excluding carboxylic acids is 6. The summed E-state index contributed by atoms with van der Waals surface area (Å²) in [7, 11) is 1.55. The third-order valence-corrected chi connectivity index (χ3v) is 14.5. The average molecular weight is 1100 g/mol. The summed E-state index contributed by atoms with van der Waals surface area (Å²) >= 11 is 13.6. The molecule has 77 heavy (non-hydrogen) atoms. The number of ketones is 2. The highest BCUT2D eigenvalue weighted by Gasteiger charge is 2.40. The lowest BCUT2D eigenvalue weighted by Crippen LogP contribution is -2.52. The summed E-state index contributed by atoms with van der Waals surface area (Å²) in [5.74, 6) is -12.8. The number of nitrogens with one attached hydrogen (secondary N) is 5. The maximum Gasteiger partial charge on any atom is 0.237 e. The van der Waals surface area contributed by atoms with E-state index in [0.717, 1.165) is 6.07 Å². The van der Waals surface area contributed by atoms with Gasteiger partial charge in [0, 0.05) is 61.1 Å². The lowest BCUT2D eigenvalue weighted by atomic mass is 9.79. The van der Waals surface area contributed by atoms with E-state index in [2.05, 4.69) is 21.3 Å². The number of fused-ring (bicyclic) bond motifs is 15. The summed E-state index contributed by atoms with van der Waals surface area (Å²) < 4.78 is 12.5. The van der Waals surface area contributed by atoms with Gasteiger partial charge in [0.1, 0.15) is 46.7 Å². The van der Waals surface area contributed by atoms with Gasteiger partial charge < -0.3 is 72.5 Å². The summed E-state index contributed by atoms with van der Waals surface area (Å²) in [5.41, 5.74) is 5.47. The maximum absolute atomic E-state index is 15.1. The number of primary amides is 1. The van der Waals surface area contributed by atoms with Crippen LogP contribution in [0.5, 0.6) is 46.0 Å². The molecule has 0 spiro atoms. The first-order valence-electron chi connectivity index (χ1n) is 24.5. The summed E-state index contributed by atoms with van der Waals surface area (Å²) in [4.78, 5) is 85.5. The van der Waals surface area contributed by atoms with Gasteiger partial charge in [-0.3, -0.25) is 28.8 Å². The number of likely N-dealkylation sites (N-methyl/N-ethyl adjacent to an activating group) is 1. The Morgan fingerprint density at radius 2 is 1.38 bits per heavy atom. The van der Waals surface area contributed by atoms with Crippen molar-refractivity contribution < 1.29 is 68.9 Å². The van der Waals surface area contributed by atoms with E-state index in [1.54, 1.807) is 7.05 Å². The Bertz CT molecular complexity index is 3220. The zero-order chi connectivity index (χ0) is 55.7. The Morgan fingerprint density at radius 3 is 1.97 bits per heavy atom. The van der Waals surface area contributed by atoms with Crippen molar-refractivity contribution in [3.05, 3.63) is 117 Å². The van der Waals surface area contributed by atoms with Crippen LogP contribution in [0.3, 0.4) is 0 Å². The number of aliphatic hydroxyl groups is 2. The Balaban J connectivity index is 1.34. The van der Waals surface area contributed by atoms with E-state index in [1.807, 2.05) is 13.8 Å². The van der Waals surface area contributed by atoms with Crippen molar-refractivity contribution in [2.45, 2.75) is 88.7 Å². The molecule has 5 aromatic rings. The van der Waals surface area contributed by atoms with E-state index in [1.165, 1.54) is 72.8 Å². The van der Waals surface area contributed by atoms with E-state index in [4.69, 9.17) is 38.4 Å². The molecule has 4 amide bonds. The number of carbonyl (C=O) groups is 6. The predicted molar refractivity (Wildman–Crippen MR) is 280 cm³/mol. The normalized spacial score (nSPS) is 22.2. The Morgan fingerprint density at radius 1 is 0.753 bits per heavy atom. The molecule has 22 heteroatoms. The SMILES string of the molecule is CN[C@H](CC(C)C)C(=O)N[C@H]1C(=O)C[C@@H](CC(N)=O)C(=O)N[C@H]2C(=N)C[C@@H]3C(=O)C[C@H](C(=O)NCc4cc(O)cc(O)c4-c4cc3ccc4O)[C@H](O)c3ccc(c(Cl)c3)Oc3cc2cc(c3O)Oc2ccc(cc2Cl)[C@H]1O. The first-order valence-corrected chi connectivity index (χ1v) is 25.3. The molecular formula is C55H56Cl2N6O14. The van der Waals surface area contributed by atoms with Crippen LogP contribution in [0.1, 0.15) is 97.9 Å². The Hall–Kier alpha value is -7.75. The number of amides is 4. The number of ether oxygens (including phenoxy) is 2. The van der Waals surface area contributed by atoms with Crippen molar-refractivity contribution in [1.82, 2.24) is 21.3 Å². The number of phenols is 4. The highest BCUT2D eigenvalue weighted by Crippen LogP contribution is 2.48. The molecule has 20 nitrogen and oxygen atoms in total. The van der Waals surface area contributed by atoms with Gasteiger partial charge in [-0.1, -0.05) is 55.2 Å². The fraction of sp³-hybridized carbons (Fsp3) is 0.327. The van der Waals surface area contributed by atoms with E-state index in [-0.39, 0.29) is 95.9 Å². The summed E-state index contributed by atoms with van der Waals surface area (Å²) in [6, 6.07) is 12.4. The lowest BCUT2D eigenvalue weighted by molar-refractivity contribution is -0.136. The number of hydrogen-bond acceptors (Lipinski definition) is 16. The fourth-order valence-electron chi connectivity index (χ4n) is 9.94. The van der Waals surface area contributed by atoms with Gasteiger partial charge >= 0.3 is 0 Å². The van der Waals surface area contributed by atoms with E-state index >= 15 is 4.79 Å². The van der Waals surface area contributed by atoms with Gasteiger partial charge in [0.15, 0.2) is 17.3 Å². The molecule has 0 aliphatic carbocycles. The number of aromatic hydroxyl groups is 4. The van der Waals surface area contributed by atoms with Crippen LogP contribution in [-0.2, 0) is 35.3 Å². The van der Waals surface area contributed by atoms with Gasteiger partial charge in [-0.25, -0.2) is 0 Å². The Kier molecular flexibility index (Phi) is 16.5. The van der Waals surface area contributed by atoms with Gasteiger partial charge in [0.25, 0.3) is 0 Å². The van der Waals surface area contributed by atoms with Crippen molar-refractivity contribution in [3.63, 3.8) is 0 Å². The first-order chi connectivity index (χ1) is 36.5. The molecule has 0 radical (unpaired) electrons. The van der Waals surface area contributed by atoms with Crippen LogP contribution in [0.25, 0.3) is 11.1 Å². The molecule has 10 rings (SSSR count). The van der Waals surface area contributed by atoms with Crippen LogP contribution < -0.4 is 36.5 Å². The highest BCUT2D eigenvalue weighted by molar-refractivity contribution is 6.32. The molecule has 404 valence electrons. The molecule has 0 unspecified atom stereocenters. The molecule has 5 heterocycles. The molecule has 8 atom stereocenters. The second-order valence-electron chi connectivity index (χ2n) is 19.8. The number of halogens is 2. The third kappa shape index (κ3) is 12.0. The zero-order valence-electron chi connectivity index (χ0n) is 41.7. The maximum atomic E-state index is 15.1. The van der Waals surface area contributed by atoms with Crippen molar-refractivity contribution in [3.8, 4) is 57.1 Å². The molecule has 0 saturated carbocycles. The Labute approximate surface area is 451 Å². The second kappa shape index (κ2) is 22.8. The summed E-state index contributed by atoms with van der Waals surface area (Å²) in [6.07, 6.45) is -6.05. The average Bonchev–Trinajstić information content (AvgIpc) is 3.38. The predicted octanol–water partition coefficient (Wildman–Crippen LogP) is 6.29. The number of Topliss-reactive ketones (excluding diaryl/α,β-unsaturated/α-hetero) is 2. The first kappa shape index (κ1) is 55.5. The van der Waals surface area contributed by atoms with Gasteiger partial charge in [-0.15, -0.1) is 0 Å². The van der Waals surface area contributed by atoms with Crippen LogP contribution in [-0.4, -0.2) is 90.7 Å². The van der Waals surface area contributed by atoms with Gasteiger partial charge in [0.2, 0.25) is 29.4 Å². The molecular weight excluding hydrogens is 1040 g/mol. The van der Waals surface area contributed by atoms with Crippen molar-refractivity contribution in [2.75, 3.05) is 7.05 Å².